The Morgan fingerprint density at radius 3 is 2.60 bits per heavy atom. The lowest BCUT2D eigenvalue weighted by molar-refractivity contribution is 0.549. The first-order valence-corrected chi connectivity index (χ1v) is 9.89. The fourth-order valence-electron chi connectivity index (χ4n) is 2.43. The van der Waals surface area contributed by atoms with E-state index >= 15 is 0 Å². The van der Waals surface area contributed by atoms with Crippen molar-refractivity contribution in [3.8, 4) is 0 Å². The third-order valence-corrected chi connectivity index (χ3v) is 7.19. The molecule has 0 atom stereocenters. The highest BCUT2D eigenvalue weighted by atomic mass is 79.9. The topological polar surface area (TPSA) is 46.2 Å². The molecule has 2 rings (SSSR count). The zero-order valence-electron chi connectivity index (χ0n) is 11.2. The summed E-state index contributed by atoms with van der Waals surface area (Å²) >= 11 is 4.73. The summed E-state index contributed by atoms with van der Waals surface area (Å²) in [5, 5.41) is 0. The second-order valence-electron chi connectivity index (χ2n) is 4.99. The Morgan fingerprint density at radius 2 is 2.05 bits per heavy atom. The lowest BCUT2D eigenvalue weighted by Crippen LogP contribution is -2.38. The average molecular weight is 382 g/mol. The van der Waals surface area contributed by atoms with Crippen LogP contribution in [0.25, 0.3) is 0 Å². The van der Waals surface area contributed by atoms with Crippen molar-refractivity contribution in [2.75, 3.05) is 12.8 Å². The Hall–Kier alpha value is -0.110. The minimum Gasteiger partial charge on any atom is -0.210 e. The van der Waals surface area contributed by atoms with Crippen molar-refractivity contribution in [1.82, 2.24) is 4.72 Å². The fraction of sp³-hybridized carbons (Fsp3) is 0.538. The van der Waals surface area contributed by atoms with Crippen LogP contribution in [0.1, 0.15) is 25.7 Å². The summed E-state index contributed by atoms with van der Waals surface area (Å²) < 4.78 is 40.7. The molecular weight excluding hydrogens is 365 g/mol. The van der Waals surface area contributed by atoms with Gasteiger partial charge in [0.05, 0.1) is 9.37 Å². The van der Waals surface area contributed by atoms with Crippen LogP contribution in [0.3, 0.4) is 0 Å². The van der Waals surface area contributed by atoms with Gasteiger partial charge in [-0.3, -0.25) is 0 Å². The van der Waals surface area contributed by atoms with Crippen LogP contribution in [0.5, 0.6) is 0 Å². The van der Waals surface area contributed by atoms with Crippen molar-refractivity contribution in [2.24, 2.45) is 0 Å². The van der Waals surface area contributed by atoms with Gasteiger partial charge < -0.3 is 0 Å². The van der Waals surface area contributed by atoms with Crippen molar-refractivity contribution in [3.05, 3.63) is 28.5 Å². The molecule has 1 aliphatic carbocycles. The molecule has 0 aliphatic heterocycles. The van der Waals surface area contributed by atoms with Crippen LogP contribution in [-0.4, -0.2) is 26.0 Å². The van der Waals surface area contributed by atoms with Gasteiger partial charge in [-0.25, -0.2) is 17.5 Å². The number of sulfonamides is 1. The van der Waals surface area contributed by atoms with Gasteiger partial charge in [-0.15, -0.1) is 0 Å². The number of halogens is 2. The molecule has 3 nitrogen and oxygen atoms in total. The van der Waals surface area contributed by atoms with Crippen molar-refractivity contribution < 1.29 is 12.8 Å². The summed E-state index contributed by atoms with van der Waals surface area (Å²) in [5.74, 6) is -0.576. The molecule has 112 valence electrons. The van der Waals surface area contributed by atoms with Gasteiger partial charge in [0, 0.05) is 11.3 Å². The second kappa shape index (κ2) is 6.34. The minimum atomic E-state index is -3.66. The minimum absolute atomic E-state index is 0.0129. The van der Waals surface area contributed by atoms with E-state index in [2.05, 4.69) is 20.7 Å². The third-order valence-electron chi connectivity index (χ3n) is 3.73. The molecule has 1 aromatic rings. The quantitative estimate of drug-likeness (QED) is 0.848. The molecule has 0 heterocycles. The van der Waals surface area contributed by atoms with Gasteiger partial charge in [-0.2, -0.15) is 11.8 Å². The van der Waals surface area contributed by atoms with Crippen LogP contribution < -0.4 is 4.72 Å². The number of nitrogens with one attached hydrogen (secondary N) is 1. The first kappa shape index (κ1) is 16.3. The SMILES string of the molecule is CSC1(CNS(=O)(=O)c2ccc(Br)c(F)c2)CCCC1. The van der Waals surface area contributed by atoms with Crippen molar-refractivity contribution >= 4 is 37.7 Å². The maximum absolute atomic E-state index is 13.4. The van der Waals surface area contributed by atoms with Gasteiger partial charge in [0.2, 0.25) is 10.0 Å². The van der Waals surface area contributed by atoms with Gasteiger partial charge in [-0.05, 0) is 53.2 Å². The van der Waals surface area contributed by atoms with Gasteiger partial charge in [-0.1, -0.05) is 12.8 Å². The highest BCUT2D eigenvalue weighted by molar-refractivity contribution is 9.10. The molecule has 0 radical (unpaired) electrons. The Bertz CT molecular complexity index is 586. The maximum atomic E-state index is 13.4. The van der Waals surface area contributed by atoms with Crippen LogP contribution in [0.15, 0.2) is 27.6 Å². The first-order valence-electron chi connectivity index (χ1n) is 6.38. The molecule has 1 fully saturated rings. The highest BCUT2D eigenvalue weighted by Gasteiger charge is 2.34. The summed E-state index contributed by atoms with van der Waals surface area (Å²) in [5.41, 5.74) is 0. The van der Waals surface area contributed by atoms with E-state index in [9.17, 15) is 12.8 Å². The molecule has 0 amide bonds. The molecule has 0 unspecified atom stereocenters. The zero-order chi connectivity index (χ0) is 14.8. The lowest BCUT2D eigenvalue weighted by atomic mass is 10.1. The highest BCUT2D eigenvalue weighted by Crippen LogP contribution is 2.39. The van der Waals surface area contributed by atoms with Crippen molar-refractivity contribution in [3.63, 3.8) is 0 Å². The number of hydrogen-bond donors (Lipinski definition) is 1. The van der Waals surface area contributed by atoms with E-state index in [0.717, 1.165) is 31.7 Å². The molecule has 0 bridgehead atoms. The molecule has 1 saturated carbocycles. The third kappa shape index (κ3) is 3.55. The first-order chi connectivity index (χ1) is 9.38. The van der Waals surface area contributed by atoms with Gasteiger partial charge in [0.15, 0.2) is 0 Å². The number of thioether (sulfide) groups is 1. The molecule has 20 heavy (non-hydrogen) atoms. The van der Waals surface area contributed by atoms with Crippen LogP contribution in [0.4, 0.5) is 4.39 Å². The molecule has 0 aromatic heterocycles. The van der Waals surface area contributed by atoms with Crippen LogP contribution >= 0.6 is 27.7 Å². The van der Waals surface area contributed by atoms with Crippen molar-refractivity contribution in [2.45, 2.75) is 35.3 Å². The van der Waals surface area contributed by atoms with E-state index < -0.39 is 15.8 Å². The number of hydrogen-bond acceptors (Lipinski definition) is 3. The van der Waals surface area contributed by atoms with Gasteiger partial charge >= 0.3 is 0 Å². The fourth-order valence-corrected chi connectivity index (χ4v) is 4.82. The summed E-state index contributed by atoms with van der Waals surface area (Å²) in [6.07, 6.45) is 6.32. The number of benzene rings is 1. The zero-order valence-corrected chi connectivity index (χ0v) is 14.4. The van der Waals surface area contributed by atoms with E-state index in [1.807, 2.05) is 6.26 Å². The Morgan fingerprint density at radius 1 is 1.40 bits per heavy atom. The average Bonchev–Trinajstić information content (AvgIpc) is 2.89. The van der Waals surface area contributed by atoms with E-state index in [4.69, 9.17) is 0 Å². The molecule has 1 aliphatic rings. The lowest BCUT2D eigenvalue weighted by Gasteiger charge is -2.26. The Kier molecular flexibility index (Phi) is 5.15. The van der Waals surface area contributed by atoms with Crippen molar-refractivity contribution in [1.29, 1.82) is 0 Å². The predicted octanol–water partition coefficient (Wildman–Crippen LogP) is 3.54. The Labute approximate surface area is 131 Å². The van der Waals surface area contributed by atoms with Gasteiger partial charge in [0.1, 0.15) is 5.82 Å². The summed E-state index contributed by atoms with van der Waals surface area (Å²) in [4.78, 5) is -0.0348. The molecule has 1 aromatic carbocycles. The standard InChI is InChI=1S/C13H17BrFNO2S2/c1-19-13(6-2-3-7-13)9-16-20(17,18)10-4-5-11(14)12(15)8-10/h4-5,8,16H,2-3,6-7,9H2,1H3. The smallest absolute Gasteiger partial charge is 0.210 e. The summed E-state index contributed by atoms with van der Waals surface area (Å²) in [7, 11) is -3.66. The molecule has 0 spiro atoms. The summed E-state index contributed by atoms with van der Waals surface area (Å²) in [6, 6.07) is 3.84. The molecule has 0 saturated heterocycles. The molecule has 1 N–H and O–H groups in total. The molecular formula is C13H17BrFNO2S2. The van der Waals surface area contributed by atoms with E-state index in [0.29, 0.717) is 6.54 Å². The normalized spacial score (nSPS) is 18.4. The van der Waals surface area contributed by atoms with E-state index in [1.54, 1.807) is 11.8 Å². The van der Waals surface area contributed by atoms with Crippen LogP contribution in [0.2, 0.25) is 0 Å². The predicted molar refractivity (Wildman–Crippen MR) is 84.0 cm³/mol. The van der Waals surface area contributed by atoms with Gasteiger partial charge in [0.25, 0.3) is 0 Å². The van der Waals surface area contributed by atoms with E-state index in [1.165, 1.54) is 12.1 Å². The second-order valence-corrected chi connectivity index (χ2v) is 8.89. The van der Waals surface area contributed by atoms with Crippen LogP contribution in [0, 0.1) is 5.82 Å². The van der Waals surface area contributed by atoms with Crippen LogP contribution in [-0.2, 0) is 10.0 Å². The Balaban J connectivity index is 2.13. The largest absolute Gasteiger partial charge is 0.240 e. The van der Waals surface area contributed by atoms with E-state index in [-0.39, 0.29) is 14.1 Å². The molecule has 7 heteroatoms. The monoisotopic (exact) mass is 381 g/mol. The summed E-state index contributed by atoms with van der Waals surface area (Å²) in [6.45, 7) is 0.397. The number of rotatable bonds is 5. The maximum Gasteiger partial charge on any atom is 0.240 e.